The van der Waals surface area contributed by atoms with Gasteiger partial charge < -0.3 is 14.7 Å². The smallest absolute Gasteiger partial charge is 0.252 e. The third-order valence-corrected chi connectivity index (χ3v) is 17.5. The molecule has 3 aliphatic heterocycles. The van der Waals surface area contributed by atoms with Crippen molar-refractivity contribution >= 4 is 68.6 Å². The standard InChI is InChI=1S/C63H76BN3/c1-57(2,3)41-26-30-45(31-27-41)65-52-33-29-43(59(7,8)9)37-50(52)64-49-32-28-44(60(10,11)12)38-53(49)66(46-23-21-22-42(36-46)58(4,5)6)55-40-47(39-54(65)56(55)64)67-51-25-18-17-24-48(51)61(13,14)62(15)34-19-20-35-63(62,67)16/h17-18,21-33,36-40H,19-20,34-35H2,1-16H3. The molecule has 6 aromatic rings. The molecule has 4 heteroatoms. The Balaban J connectivity index is 1.37. The summed E-state index contributed by atoms with van der Waals surface area (Å²) in [6, 6.07) is 48.4. The molecule has 0 aromatic heterocycles. The Labute approximate surface area is 405 Å². The maximum atomic E-state index is 2.84. The van der Waals surface area contributed by atoms with Crippen LogP contribution < -0.4 is 31.1 Å². The highest BCUT2D eigenvalue weighted by Gasteiger charge is 2.62. The summed E-state index contributed by atoms with van der Waals surface area (Å²) < 4.78 is 0. The monoisotopic (exact) mass is 886 g/mol. The largest absolute Gasteiger partial charge is 0.335 e. The number of nitrogens with zero attached hydrogens (tertiary/aromatic N) is 3. The first-order chi connectivity index (χ1) is 31.3. The first-order valence-electron chi connectivity index (χ1n) is 25.4. The molecular weight excluding hydrogens is 810 g/mol. The van der Waals surface area contributed by atoms with Crippen LogP contribution in [0.25, 0.3) is 0 Å². The van der Waals surface area contributed by atoms with Gasteiger partial charge in [-0.25, -0.2) is 0 Å². The first-order valence-corrected chi connectivity index (χ1v) is 25.4. The normalized spacial score (nSPS) is 21.0. The van der Waals surface area contributed by atoms with E-state index in [0.29, 0.717) is 0 Å². The van der Waals surface area contributed by atoms with Gasteiger partial charge in [0.1, 0.15) is 0 Å². The lowest BCUT2D eigenvalue weighted by atomic mass is 9.33. The Morgan fingerprint density at radius 3 is 1.61 bits per heavy atom. The van der Waals surface area contributed by atoms with Crippen LogP contribution in [0.2, 0.25) is 0 Å². The second-order valence-electron chi connectivity index (χ2n) is 25.9. The van der Waals surface area contributed by atoms with E-state index in [1.165, 1.54) is 109 Å². The zero-order chi connectivity index (χ0) is 48.0. The molecule has 2 unspecified atom stereocenters. The Morgan fingerprint density at radius 2 is 0.970 bits per heavy atom. The summed E-state index contributed by atoms with van der Waals surface area (Å²) in [5.74, 6) is 0. The molecule has 0 amide bonds. The summed E-state index contributed by atoms with van der Waals surface area (Å²) in [5, 5.41) is 0. The summed E-state index contributed by atoms with van der Waals surface area (Å²) in [4.78, 5) is 8.14. The van der Waals surface area contributed by atoms with Crippen molar-refractivity contribution in [3.63, 3.8) is 0 Å². The highest BCUT2D eigenvalue weighted by Crippen LogP contribution is 2.65. The average molecular weight is 886 g/mol. The number of fused-ring (bicyclic) bond motifs is 6. The highest BCUT2D eigenvalue weighted by molar-refractivity contribution is 7.00. The summed E-state index contributed by atoms with van der Waals surface area (Å²) in [6.45, 7) is 38.5. The quantitative estimate of drug-likeness (QED) is 0.164. The Morgan fingerprint density at radius 1 is 0.418 bits per heavy atom. The van der Waals surface area contributed by atoms with E-state index >= 15 is 0 Å². The molecule has 0 radical (unpaired) electrons. The van der Waals surface area contributed by atoms with Crippen molar-refractivity contribution in [1.29, 1.82) is 0 Å². The fraction of sp³-hybridized carbons (Fsp3) is 0.429. The van der Waals surface area contributed by atoms with Gasteiger partial charge in [-0.05, 0) is 146 Å². The molecule has 4 aliphatic rings. The van der Waals surface area contributed by atoms with E-state index in [9.17, 15) is 0 Å². The molecule has 0 bridgehead atoms. The zero-order valence-corrected chi connectivity index (χ0v) is 43.8. The maximum absolute atomic E-state index is 2.84. The molecular formula is C63H76BN3. The van der Waals surface area contributed by atoms with Gasteiger partial charge in [0.2, 0.25) is 0 Å². The fourth-order valence-corrected chi connectivity index (χ4v) is 12.8. The van der Waals surface area contributed by atoms with E-state index in [2.05, 4.69) is 247 Å². The number of benzene rings is 6. The van der Waals surface area contributed by atoms with Gasteiger partial charge in [-0.3, -0.25) is 0 Å². The Hall–Kier alpha value is -5.22. The lowest BCUT2D eigenvalue weighted by Crippen LogP contribution is -2.67. The average Bonchev–Trinajstić information content (AvgIpc) is 3.25. The van der Waals surface area contributed by atoms with E-state index in [1.807, 2.05) is 0 Å². The molecule has 3 heterocycles. The van der Waals surface area contributed by atoms with Gasteiger partial charge in [0.25, 0.3) is 6.71 Å². The van der Waals surface area contributed by atoms with Crippen LogP contribution in [0.15, 0.2) is 121 Å². The third-order valence-electron chi connectivity index (χ3n) is 17.5. The van der Waals surface area contributed by atoms with Crippen molar-refractivity contribution in [2.24, 2.45) is 5.41 Å². The number of anilines is 8. The molecule has 10 rings (SSSR count). The molecule has 0 N–H and O–H groups in total. The van der Waals surface area contributed by atoms with E-state index in [1.54, 1.807) is 0 Å². The van der Waals surface area contributed by atoms with Gasteiger partial charge in [0, 0.05) is 56.5 Å². The van der Waals surface area contributed by atoms with Gasteiger partial charge in [0.15, 0.2) is 0 Å². The van der Waals surface area contributed by atoms with Crippen molar-refractivity contribution in [3.8, 4) is 0 Å². The zero-order valence-electron chi connectivity index (χ0n) is 43.8. The number of hydrogen-bond acceptors (Lipinski definition) is 3. The second kappa shape index (κ2) is 14.9. The Bertz CT molecular complexity index is 2930. The minimum absolute atomic E-state index is 0.0188. The van der Waals surface area contributed by atoms with Crippen LogP contribution in [0.5, 0.6) is 0 Å². The van der Waals surface area contributed by atoms with Crippen molar-refractivity contribution in [3.05, 3.63) is 149 Å². The van der Waals surface area contributed by atoms with Crippen LogP contribution in [-0.4, -0.2) is 12.3 Å². The van der Waals surface area contributed by atoms with E-state index in [-0.39, 0.29) is 44.7 Å². The molecule has 1 aliphatic carbocycles. The van der Waals surface area contributed by atoms with Crippen molar-refractivity contribution in [1.82, 2.24) is 0 Å². The minimum atomic E-state index is -0.139. The third kappa shape index (κ3) is 6.88. The van der Waals surface area contributed by atoms with Crippen LogP contribution in [0.1, 0.15) is 164 Å². The van der Waals surface area contributed by atoms with E-state index < -0.39 is 0 Å². The number of para-hydroxylation sites is 1. The van der Waals surface area contributed by atoms with E-state index in [0.717, 1.165) is 6.42 Å². The molecule has 1 saturated carbocycles. The predicted molar refractivity (Wildman–Crippen MR) is 292 cm³/mol. The van der Waals surface area contributed by atoms with Gasteiger partial charge in [-0.1, -0.05) is 183 Å². The van der Waals surface area contributed by atoms with Gasteiger partial charge >= 0.3 is 0 Å². The number of rotatable bonds is 3. The van der Waals surface area contributed by atoms with Crippen LogP contribution >= 0.6 is 0 Å². The highest BCUT2D eigenvalue weighted by atomic mass is 15.3. The minimum Gasteiger partial charge on any atom is -0.335 e. The molecule has 346 valence electrons. The molecule has 0 spiro atoms. The summed E-state index contributed by atoms with van der Waals surface area (Å²) in [6.07, 6.45) is 4.83. The topological polar surface area (TPSA) is 9.72 Å². The maximum Gasteiger partial charge on any atom is 0.252 e. The Kier molecular flexibility index (Phi) is 10.1. The second-order valence-corrected chi connectivity index (χ2v) is 25.9. The molecule has 0 saturated heterocycles. The van der Waals surface area contributed by atoms with Crippen LogP contribution in [0.3, 0.4) is 0 Å². The lowest BCUT2D eigenvalue weighted by molar-refractivity contribution is 0.0106. The van der Waals surface area contributed by atoms with Crippen molar-refractivity contribution < 1.29 is 0 Å². The van der Waals surface area contributed by atoms with Gasteiger partial charge in [-0.15, -0.1) is 0 Å². The number of hydrogen-bond donors (Lipinski definition) is 0. The SMILES string of the molecule is CC(C)(C)c1ccc(N2c3ccc(C(C)(C)C)cc3B3c4ccc(C(C)(C)C)cc4N(c4cccc(C(C)(C)C)c4)c4cc(N5c6ccccc6C(C)(C)C6(C)CCCCC56C)cc2c43)cc1. The summed E-state index contributed by atoms with van der Waals surface area (Å²) >= 11 is 0. The fourth-order valence-electron chi connectivity index (χ4n) is 12.8. The predicted octanol–water partition coefficient (Wildman–Crippen LogP) is 15.7. The van der Waals surface area contributed by atoms with Gasteiger partial charge in [0.05, 0.1) is 0 Å². The first kappa shape index (κ1) is 45.6. The molecule has 3 nitrogen and oxygen atoms in total. The molecule has 6 aromatic carbocycles. The lowest BCUT2D eigenvalue weighted by Gasteiger charge is -2.66. The van der Waals surface area contributed by atoms with Crippen LogP contribution in [0, 0.1) is 5.41 Å². The van der Waals surface area contributed by atoms with Crippen molar-refractivity contribution in [2.45, 2.75) is 169 Å². The summed E-state index contributed by atoms with van der Waals surface area (Å²) in [7, 11) is 0. The summed E-state index contributed by atoms with van der Waals surface area (Å²) in [5.41, 5.74) is 20.9. The van der Waals surface area contributed by atoms with Crippen molar-refractivity contribution in [2.75, 3.05) is 14.7 Å². The van der Waals surface area contributed by atoms with E-state index in [4.69, 9.17) is 0 Å². The van der Waals surface area contributed by atoms with Crippen LogP contribution in [-0.2, 0) is 27.1 Å². The van der Waals surface area contributed by atoms with Crippen LogP contribution in [0.4, 0.5) is 45.5 Å². The molecule has 2 atom stereocenters. The molecule has 67 heavy (non-hydrogen) atoms. The van der Waals surface area contributed by atoms with Gasteiger partial charge in [-0.2, -0.15) is 0 Å². The molecule has 1 fully saturated rings.